The molecule has 1 nitrogen and oxygen atoms in total. The summed E-state index contributed by atoms with van der Waals surface area (Å²) in [6.07, 6.45) is 0. The molecular formula is C18H15BrO. The average Bonchev–Trinajstić information content (AvgIpc) is 2.53. The summed E-state index contributed by atoms with van der Waals surface area (Å²) in [5, 5.41) is 3.31. The van der Waals surface area contributed by atoms with Crippen LogP contribution in [-0.2, 0) is 11.9 Å². The summed E-state index contributed by atoms with van der Waals surface area (Å²) in [7, 11) is 0. The van der Waals surface area contributed by atoms with Gasteiger partial charge in [-0.15, -0.1) is 0 Å². The molecule has 0 amide bonds. The number of hydrogen-bond acceptors (Lipinski definition) is 1. The average molecular weight is 327 g/mol. The van der Waals surface area contributed by atoms with Crippen molar-refractivity contribution in [3.05, 3.63) is 77.9 Å². The smallest absolute Gasteiger partial charge is 0.123 e. The molecule has 3 aromatic carbocycles. The Balaban J connectivity index is 1.87. The first kappa shape index (κ1) is 13.2. The van der Waals surface area contributed by atoms with Gasteiger partial charge >= 0.3 is 0 Å². The fourth-order valence-electron chi connectivity index (χ4n) is 2.33. The molecule has 0 aliphatic heterocycles. The lowest BCUT2D eigenvalue weighted by molar-refractivity contribution is 0.305. The molecule has 0 radical (unpaired) electrons. The monoisotopic (exact) mass is 326 g/mol. The van der Waals surface area contributed by atoms with E-state index < -0.39 is 0 Å². The van der Waals surface area contributed by atoms with Crippen LogP contribution in [-0.4, -0.2) is 0 Å². The van der Waals surface area contributed by atoms with Crippen molar-refractivity contribution >= 4 is 26.7 Å². The molecule has 0 aromatic heterocycles. The molecule has 0 bridgehead atoms. The molecule has 0 spiro atoms. The number of alkyl halides is 1. The van der Waals surface area contributed by atoms with E-state index in [-0.39, 0.29) is 0 Å². The van der Waals surface area contributed by atoms with E-state index in [0.717, 1.165) is 11.1 Å². The summed E-state index contributed by atoms with van der Waals surface area (Å²) in [5.74, 6) is 0.942. The van der Waals surface area contributed by atoms with E-state index in [1.165, 1.54) is 21.9 Å². The molecule has 0 aliphatic rings. The maximum atomic E-state index is 5.99. The highest BCUT2D eigenvalue weighted by Gasteiger charge is 2.04. The molecule has 0 unspecified atom stereocenters. The largest absolute Gasteiger partial charge is 0.489 e. The van der Waals surface area contributed by atoms with Crippen LogP contribution in [0.2, 0.25) is 0 Å². The van der Waals surface area contributed by atoms with Gasteiger partial charge in [0.1, 0.15) is 12.4 Å². The van der Waals surface area contributed by atoms with Crippen LogP contribution in [0.4, 0.5) is 0 Å². The van der Waals surface area contributed by atoms with E-state index in [1.807, 2.05) is 18.2 Å². The van der Waals surface area contributed by atoms with Crippen LogP contribution >= 0.6 is 15.9 Å². The summed E-state index contributed by atoms with van der Waals surface area (Å²) in [6.45, 7) is 0.589. The zero-order valence-electron chi connectivity index (χ0n) is 11.1. The molecule has 3 aromatic rings. The number of para-hydroxylation sites is 1. The molecule has 0 aliphatic carbocycles. The van der Waals surface area contributed by atoms with Gasteiger partial charge in [0.05, 0.1) is 0 Å². The number of rotatable bonds is 4. The van der Waals surface area contributed by atoms with Crippen LogP contribution in [0.25, 0.3) is 10.8 Å². The normalized spacial score (nSPS) is 10.7. The van der Waals surface area contributed by atoms with Crippen LogP contribution < -0.4 is 4.74 Å². The maximum absolute atomic E-state index is 5.99. The standard InChI is InChI=1S/C18H15BrO/c19-12-15-7-2-4-11-18(15)20-13-16-9-5-8-14-6-1-3-10-17(14)16/h1-11H,12-13H2. The Bertz CT molecular complexity index is 716. The topological polar surface area (TPSA) is 9.23 Å². The Labute approximate surface area is 127 Å². The SMILES string of the molecule is BrCc1ccccc1OCc1cccc2ccccc12. The summed E-state index contributed by atoms with van der Waals surface area (Å²) < 4.78 is 5.99. The lowest BCUT2D eigenvalue weighted by Crippen LogP contribution is -1.98. The van der Waals surface area contributed by atoms with Crippen LogP contribution in [0, 0.1) is 0 Å². The van der Waals surface area contributed by atoms with E-state index in [0.29, 0.717) is 6.61 Å². The number of benzene rings is 3. The molecule has 3 rings (SSSR count). The highest BCUT2D eigenvalue weighted by Crippen LogP contribution is 2.24. The van der Waals surface area contributed by atoms with Gasteiger partial charge in [0, 0.05) is 10.9 Å². The van der Waals surface area contributed by atoms with Crippen molar-refractivity contribution in [1.29, 1.82) is 0 Å². The molecule has 0 fully saturated rings. The Morgan fingerprint density at radius 2 is 1.45 bits per heavy atom. The van der Waals surface area contributed by atoms with Crippen LogP contribution in [0.3, 0.4) is 0 Å². The van der Waals surface area contributed by atoms with Crippen LogP contribution in [0.15, 0.2) is 66.7 Å². The fraction of sp³-hybridized carbons (Fsp3) is 0.111. The minimum atomic E-state index is 0.589. The van der Waals surface area contributed by atoms with Gasteiger partial charge in [-0.05, 0) is 22.4 Å². The van der Waals surface area contributed by atoms with Crippen molar-refractivity contribution in [1.82, 2.24) is 0 Å². The predicted octanol–water partition coefficient (Wildman–Crippen LogP) is 5.31. The van der Waals surface area contributed by atoms with Gasteiger partial charge in [0.2, 0.25) is 0 Å². The molecule has 0 heterocycles. The molecule has 0 saturated carbocycles. The fourth-order valence-corrected chi connectivity index (χ4v) is 2.79. The summed E-state index contributed by atoms with van der Waals surface area (Å²) in [6, 6.07) is 22.9. The van der Waals surface area contributed by atoms with Crippen molar-refractivity contribution in [2.75, 3.05) is 0 Å². The number of hydrogen-bond donors (Lipinski definition) is 0. The van der Waals surface area contributed by atoms with Gasteiger partial charge in [0.25, 0.3) is 0 Å². The molecule has 2 heteroatoms. The second kappa shape index (κ2) is 6.10. The van der Waals surface area contributed by atoms with Gasteiger partial charge < -0.3 is 4.74 Å². The van der Waals surface area contributed by atoms with E-state index in [1.54, 1.807) is 0 Å². The zero-order chi connectivity index (χ0) is 13.8. The molecule has 0 atom stereocenters. The first-order valence-electron chi connectivity index (χ1n) is 6.62. The maximum Gasteiger partial charge on any atom is 0.123 e. The van der Waals surface area contributed by atoms with Crippen molar-refractivity contribution in [2.45, 2.75) is 11.9 Å². The highest BCUT2D eigenvalue weighted by atomic mass is 79.9. The molecule has 0 saturated heterocycles. The van der Waals surface area contributed by atoms with Crippen LogP contribution in [0.1, 0.15) is 11.1 Å². The van der Waals surface area contributed by atoms with Gasteiger partial charge in [-0.3, -0.25) is 0 Å². The zero-order valence-corrected chi connectivity index (χ0v) is 12.6. The van der Waals surface area contributed by atoms with Crippen molar-refractivity contribution < 1.29 is 4.74 Å². The number of fused-ring (bicyclic) bond motifs is 1. The van der Waals surface area contributed by atoms with Gasteiger partial charge in [0.15, 0.2) is 0 Å². The lowest BCUT2D eigenvalue weighted by atomic mass is 10.1. The van der Waals surface area contributed by atoms with Gasteiger partial charge in [-0.25, -0.2) is 0 Å². The second-order valence-electron chi connectivity index (χ2n) is 4.67. The summed E-state index contributed by atoms with van der Waals surface area (Å²) >= 11 is 3.49. The Morgan fingerprint density at radius 1 is 0.750 bits per heavy atom. The van der Waals surface area contributed by atoms with Gasteiger partial charge in [-0.1, -0.05) is 76.6 Å². The summed E-state index contributed by atoms with van der Waals surface area (Å²) in [5.41, 5.74) is 2.39. The lowest BCUT2D eigenvalue weighted by Gasteiger charge is -2.11. The van der Waals surface area contributed by atoms with Crippen molar-refractivity contribution in [3.8, 4) is 5.75 Å². The van der Waals surface area contributed by atoms with E-state index in [4.69, 9.17) is 4.74 Å². The first-order valence-corrected chi connectivity index (χ1v) is 7.74. The molecule has 0 N–H and O–H groups in total. The Hall–Kier alpha value is -1.80. The number of ether oxygens (including phenoxy) is 1. The van der Waals surface area contributed by atoms with Crippen molar-refractivity contribution in [2.24, 2.45) is 0 Å². The Morgan fingerprint density at radius 3 is 2.35 bits per heavy atom. The number of halogens is 1. The first-order chi connectivity index (χ1) is 9.88. The van der Waals surface area contributed by atoms with Gasteiger partial charge in [-0.2, -0.15) is 0 Å². The minimum absolute atomic E-state index is 0.589. The van der Waals surface area contributed by atoms with E-state index in [2.05, 4.69) is 64.5 Å². The molecule has 100 valence electrons. The van der Waals surface area contributed by atoms with Crippen molar-refractivity contribution in [3.63, 3.8) is 0 Å². The minimum Gasteiger partial charge on any atom is -0.489 e. The Kier molecular flexibility index (Phi) is 4.03. The van der Waals surface area contributed by atoms with E-state index >= 15 is 0 Å². The third-order valence-corrected chi connectivity index (χ3v) is 3.98. The van der Waals surface area contributed by atoms with E-state index in [9.17, 15) is 0 Å². The molecule has 20 heavy (non-hydrogen) atoms. The third-order valence-electron chi connectivity index (χ3n) is 3.38. The quantitative estimate of drug-likeness (QED) is 0.590. The third kappa shape index (κ3) is 2.70. The predicted molar refractivity (Wildman–Crippen MR) is 87.4 cm³/mol. The molecular weight excluding hydrogens is 312 g/mol. The van der Waals surface area contributed by atoms with Crippen LogP contribution in [0.5, 0.6) is 5.75 Å². The summed E-state index contributed by atoms with van der Waals surface area (Å²) in [4.78, 5) is 0. The second-order valence-corrected chi connectivity index (χ2v) is 5.23. The highest BCUT2D eigenvalue weighted by molar-refractivity contribution is 9.08.